The smallest absolute Gasteiger partial charge is 0.0360 e. The summed E-state index contributed by atoms with van der Waals surface area (Å²) in [5.74, 6) is 2.20. The molecule has 0 aliphatic heterocycles. The fourth-order valence-corrected chi connectivity index (χ4v) is 2.72. The van der Waals surface area contributed by atoms with E-state index in [9.17, 15) is 4.21 Å². The molecule has 3 nitrogen and oxygen atoms in total. The Balaban J connectivity index is 2.14. The minimum Gasteiger partial charge on any atom is -0.330 e. The molecule has 0 bridgehead atoms. The fraction of sp³-hybridized carbons (Fsp3) is 1.00. The Morgan fingerprint density at radius 1 is 1.50 bits per heavy atom. The second-order valence-electron chi connectivity index (χ2n) is 3.92. The van der Waals surface area contributed by atoms with E-state index in [0.29, 0.717) is 12.0 Å². The predicted octanol–water partition coefficient (Wildman–Crippen LogP) is 0.472. The predicted molar refractivity (Wildman–Crippen MR) is 61.7 cm³/mol. The van der Waals surface area contributed by atoms with Crippen LogP contribution >= 0.6 is 0 Å². The zero-order valence-corrected chi connectivity index (χ0v) is 9.81. The topological polar surface area (TPSA) is 55.1 Å². The van der Waals surface area contributed by atoms with Crippen LogP contribution in [0.25, 0.3) is 0 Å². The third kappa shape index (κ3) is 3.67. The SMILES string of the molecule is CCS(=O)CCNC1CCCC1CN. The summed E-state index contributed by atoms with van der Waals surface area (Å²) in [6, 6.07) is 0.578. The molecule has 3 atom stereocenters. The summed E-state index contributed by atoms with van der Waals surface area (Å²) in [6.07, 6.45) is 3.78. The molecule has 0 saturated heterocycles. The van der Waals surface area contributed by atoms with E-state index in [0.717, 1.165) is 24.6 Å². The lowest BCUT2D eigenvalue weighted by Gasteiger charge is -2.19. The number of hydrogen-bond donors (Lipinski definition) is 2. The Kier molecular flexibility index (Phi) is 5.67. The largest absolute Gasteiger partial charge is 0.330 e. The lowest BCUT2D eigenvalue weighted by atomic mass is 10.0. The van der Waals surface area contributed by atoms with E-state index in [2.05, 4.69) is 5.32 Å². The van der Waals surface area contributed by atoms with Gasteiger partial charge in [-0.25, -0.2) is 0 Å². The maximum Gasteiger partial charge on any atom is 0.0360 e. The number of nitrogens with two attached hydrogens (primary N) is 1. The second kappa shape index (κ2) is 6.53. The molecule has 1 aliphatic carbocycles. The number of nitrogens with one attached hydrogen (secondary N) is 1. The Labute approximate surface area is 89.3 Å². The van der Waals surface area contributed by atoms with Gasteiger partial charge < -0.3 is 11.1 Å². The average molecular weight is 218 g/mol. The van der Waals surface area contributed by atoms with Gasteiger partial charge in [-0.15, -0.1) is 0 Å². The molecule has 0 aromatic rings. The van der Waals surface area contributed by atoms with E-state index in [1.807, 2.05) is 6.92 Å². The van der Waals surface area contributed by atoms with Crippen LogP contribution in [0, 0.1) is 5.92 Å². The summed E-state index contributed by atoms with van der Waals surface area (Å²) >= 11 is 0. The first-order valence-electron chi connectivity index (χ1n) is 5.56. The van der Waals surface area contributed by atoms with Crippen molar-refractivity contribution in [2.24, 2.45) is 11.7 Å². The maximum atomic E-state index is 11.2. The third-order valence-corrected chi connectivity index (χ3v) is 4.32. The molecule has 1 saturated carbocycles. The fourth-order valence-electron chi connectivity index (χ4n) is 2.09. The van der Waals surface area contributed by atoms with Crippen LogP contribution in [-0.2, 0) is 10.8 Å². The van der Waals surface area contributed by atoms with Crippen molar-refractivity contribution < 1.29 is 4.21 Å². The summed E-state index contributed by atoms with van der Waals surface area (Å²) in [5, 5.41) is 3.47. The molecule has 3 N–H and O–H groups in total. The first kappa shape index (κ1) is 12.1. The van der Waals surface area contributed by atoms with Crippen LogP contribution in [0.5, 0.6) is 0 Å². The van der Waals surface area contributed by atoms with Crippen LogP contribution in [0.2, 0.25) is 0 Å². The molecule has 0 aromatic carbocycles. The first-order valence-corrected chi connectivity index (χ1v) is 7.05. The Hall–Kier alpha value is 0.0700. The summed E-state index contributed by atoms with van der Waals surface area (Å²) in [7, 11) is -0.634. The zero-order chi connectivity index (χ0) is 10.4. The van der Waals surface area contributed by atoms with Crippen molar-refractivity contribution >= 4 is 10.8 Å². The van der Waals surface area contributed by atoms with E-state index in [-0.39, 0.29) is 0 Å². The molecule has 84 valence electrons. The van der Waals surface area contributed by atoms with Crippen molar-refractivity contribution in [2.45, 2.75) is 32.2 Å². The third-order valence-electron chi connectivity index (χ3n) is 3.02. The van der Waals surface area contributed by atoms with Crippen molar-refractivity contribution in [3.63, 3.8) is 0 Å². The quantitative estimate of drug-likeness (QED) is 0.681. The molecule has 1 aliphatic rings. The van der Waals surface area contributed by atoms with Gasteiger partial charge in [0.1, 0.15) is 0 Å². The van der Waals surface area contributed by atoms with Gasteiger partial charge in [0.15, 0.2) is 0 Å². The van der Waals surface area contributed by atoms with Gasteiger partial charge in [-0.2, -0.15) is 0 Å². The van der Waals surface area contributed by atoms with Crippen LogP contribution in [0.1, 0.15) is 26.2 Å². The van der Waals surface area contributed by atoms with E-state index >= 15 is 0 Å². The molecule has 1 fully saturated rings. The van der Waals surface area contributed by atoms with Gasteiger partial charge in [0.2, 0.25) is 0 Å². The molecule has 0 aromatic heterocycles. The van der Waals surface area contributed by atoms with Crippen LogP contribution in [0.4, 0.5) is 0 Å². The van der Waals surface area contributed by atoms with Crippen LogP contribution in [0.3, 0.4) is 0 Å². The normalized spacial score (nSPS) is 29.3. The van der Waals surface area contributed by atoms with Crippen LogP contribution < -0.4 is 11.1 Å². The van der Waals surface area contributed by atoms with Crippen molar-refractivity contribution in [1.29, 1.82) is 0 Å². The Morgan fingerprint density at radius 3 is 2.93 bits per heavy atom. The second-order valence-corrected chi connectivity index (χ2v) is 5.79. The minimum atomic E-state index is -0.634. The Morgan fingerprint density at radius 2 is 2.29 bits per heavy atom. The van der Waals surface area contributed by atoms with Gasteiger partial charge in [-0.3, -0.25) is 4.21 Å². The van der Waals surface area contributed by atoms with Crippen molar-refractivity contribution in [2.75, 3.05) is 24.6 Å². The van der Waals surface area contributed by atoms with Gasteiger partial charge in [-0.1, -0.05) is 13.3 Å². The van der Waals surface area contributed by atoms with Gasteiger partial charge >= 0.3 is 0 Å². The van der Waals surface area contributed by atoms with Gasteiger partial charge in [0, 0.05) is 34.9 Å². The molecule has 4 heteroatoms. The molecule has 14 heavy (non-hydrogen) atoms. The first-order chi connectivity index (χ1) is 6.77. The minimum absolute atomic E-state index is 0.578. The van der Waals surface area contributed by atoms with E-state index in [1.165, 1.54) is 19.3 Å². The van der Waals surface area contributed by atoms with Crippen molar-refractivity contribution in [1.82, 2.24) is 5.32 Å². The molecule has 0 radical (unpaired) electrons. The summed E-state index contributed by atoms with van der Waals surface area (Å²) < 4.78 is 11.2. The van der Waals surface area contributed by atoms with Crippen LogP contribution in [0.15, 0.2) is 0 Å². The van der Waals surface area contributed by atoms with Crippen molar-refractivity contribution in [3.05, 3.63) is 0 Å². The lowest BCUT2D eigenvalue weighted by molar-refractivity contribution is 0.417. The molecule has 1 rings (SSSR count). The molecule has 0 amide bonds. The summed E-state index contributed by atoms with van der Waals surface area (Å²) in [5.41, 5.74) is 5.68. The Bertz CT molecular complexity index is 187. The summed E-state index contributed by atoms with van der Waals surface area (Å²) in [4.78, 5) is 0. The highest BCUT2D eigenvalue weighted by Gasteiger charge is 2.25. The standard InChI is InChI=1S/C10H22N2OS/c1-2-14(13)7-6-12-10-5-3-4-9(10)8-11/h9-10,12H,2-8,11H2,1H3. The number of hydrogen-bond acceptors (Lipinski definition) is 3. The van der Waals surface area contributed by atoms with Crippen molar-refractivity contribution in [3.8, 4) is 0 Å². The van der Waals surface area contributed by atoms with Gasteiger partial charge in [0.25, 0.3) is 0 Å². The van der Waals surface area contributed by atoms with Gasteiger partial charge in [0.05, 0.1) is 0 Å². The van der Waals surface area contributed by atoms with Crippen LogP contribution in [-0.4, -0.2) is 34.8 Å². The van der Waals surface area contributed by atoms with E-state index in [4.69, 9.17) is 5.73 Å². The van der Waals surface area contributed by atoms with E-state index in [1.54, 1.807) is 0 Å². The monoisotopic (exact) mass is 218 g/mol. The molecular formula is C10H22N2OS. The highest BCUT2D eigenvalue weighted by atomic mass is 32.2. The maximum absolute atomic E-state index is 11.2. The molecular weight excluding hydrogens is 196 g/mol. The average Bonchev–Trinajstić information content (AvgIpc) is 2.65. The zero-order valence-electron chi connectivity index (χ0n) is 9.00. The highest BCUT2D eigenvalue weighted by Crippen LogP contribution is 2.24. The molecule has 3 unspecified atom stereocenters. The summed E-state index contributed by atoms with van der Waals surface area (Å²) in [6.45, 7) is 3.63. The van der Waals surface area contributed by atoms with E-state index < -0.39 is 10.8 Å². The molecule has 0 heterocycles. The highest BCUT2D eigenvalue weighted by molar-refractivity contribution is 7.84. The van der Waals surface area contributed by atoms with Gasteiger partial charge in [-0.05, 0) is 25.3 Å². The molecule has 0 spiro atoms. The lowest BCUT2D eigenvalue weighted by Crippen LogP contribution is -2.38. The number of rotatable bonds is 6.